The number of hydrogen-bond acceptors (Lipinski definition) is 5. The fraction of sp³-hybridized carbons (Fsp3) is 0.581. The number of hydrogen-bond donors (Lipinski definition) is 1. The Morgan fingerprint density at radius 1 is 1.10 bits per heavy atom. The van der Waals surface area contributed by atoms with Gasteiger partial charge in [0.2, 0.25) is 0 Å². The van der Waals surface area contributed by atoms with Crippen LogP contribution in [0.2, 0.25) is 0 Å². The van der Waals surface area contributed by atoms with Gasteiger partial charge in [0.25, 0.3) is 11.5 Å². The van der Waals surface area contributed by atoms with Crippen LogP contribution < -0.4 is 15.8 Å². The molecule has 2 aromatic rings. The van der Waals surface area contributed by atoms with E-state index in [1.165, 1.54) is 12.1 Å². The van der Waals surface area contributed by atoms with E-state index in [2.05, 4.69) is 10.2 Å². The zero-order valence-corrected chi connectivity index (χ0v) is 25.6. The molecule has 0 saturated carbocycles. The van der Waals surface area contributed by atoms with Crippen LogP contribution in [0.15, 0.2) is 23.0 Å². The molecular weight excluding hydrogens is 511 g/mol. The summed E-state index contributed by atoms with van der Waals surface area (Å²) in [5.74, 6) is -0.934. The first kappa shape index (κ1) is 31.2. The van der Waals surface area contributed by atoms with Gasteiger partial charge in [-0.05, 0) is 104 Å². The summed E-state index contributed by atoms with van der Waals surface area (Å²) in [5, 5.41) is 2.83. The molecule has 1 fully saturated rings. The van der Waals surface area contributed by atoms with Crippen LogP contribution in [-0.2, 0) is 18.3 Å². The SMILES string of the molecule is CCN(c1cc(F)cc(C(=O)NCc2c(C)cc(C)n(C)c2=O)c1C)C1CC(C)N(C(=O)OC(C)(C)C)[C@H](C)C1. The number of ether oxygens (including phenoxy) is 1. The largest absolute Gasteiger partial charge is 0.444 e. The molecule has 9 heteroatoms. The van der Waals surface area contributed by atoms with Crippen molar-refractivity contribution in [1.29, 1.82) is 0 Å². The Balaban J connectivity index is 1.84. The van der Waals surface area contributed by atoms with Crippen molar-refractivity contribution in [3.63, 3.8) is 0 Å². The maximum Gasteiger partial charge on any atom is 0.410 e. The monoisotopic (exact) mass is 556 g/mol. The van der Waals surface area contributed by atoms with Crippen LogP contribution in [0.1, 0.15) is 87.1 Å². The van der Waals surface area contributed by atoms with E-state index >= 15 is 0 Å². The summed E-state index contributed by atoms with van der Waals surface area (Å²) in [6.07, 6.45) is 1.05. The number of halogens is 1. The molecule has 2 heterocycles. The number of amides is 2. The molecule has 1 N–H and O–H groups in total. The number of aromatic nitrogens is 1. The molecule has 1 aliphatic rings. The Hall–Kier alpha value is -3.36. The second kappa shape index (κ2) is 12.0. The van der Waals surface area contributed by atoms with E-state index in [4.69, 9.17) is 4.74 Å². The number of piperidine rings is 1. The van der Waals surface area contributed by atoms with E-state index in [1.807, 2.05) is 68.4 Å². The number of pyridine rings is 1. The maximum absolute atomic E-state index is 15.0. The van der Waals surface area contributed by atoms with E-state index in [1.54, 1.807) is 16.5 Å². The van der Waals surface area contributed by atoms with Gasteiger partial charge in [-0.25, -0.2) is 9.18 Å². The number of benzene rings is 1. The molecular formula is C31H45FN4O4. The van der Waals surface area contributed by atoms with Gasteiger partial charge < -0.3 is 24.4 Å². The van der Waals surface area contributed by atoms with Gasteiger partial charge in [-0.2, -0.15) is 0 Å². The zero-order chi connectivity index (χ0) is 30.1. The molecule has 3 atom stereocenters. The van der Waals surface area contributed by atoms with Gasteiger partial charge in [0.05, 0.1) is 0 Å². The van der Waals surface area contributed by atoms with Crippen LogP contribution in [0.5, 0.6) is 0 Å². The minimum Gasteiger partial charge on any atom is -0.444 e. The van der Waals surface area contributed by atoms with Gasteiger partial charge >= 0.3 is 6.09 Å². The lowest BCUT2D eigenvalue weighted by atomic mass is 9.90. The van der Waals surface area contributed by atoms with E-state index in [9.17, 15) is 18.8 Å². The van der Waals surface area contributed by atoms with Gasteiger partial charge in [0, 0.05) is 60.8 Å². The number of likely N-dealkylation sites (tertiary alicyclic amines) is 1. The van der Waals surface area contributed by atoms with Gasteiger partial charge in [-0.1, -0.05) is 0 Å². The molecule has 2 amide bonds. The molecule has 0 aliphatic carbocycles. The normalized spacial score (nSPS) is 19.4. The lowest BCUT2D eigenvalue weighted by Crippen LogP contribution is -2.56. The Bertz CT molecular complexity index is 1320. The van der Waals surface area contributed by atoms with Crippen molar-refractivity contribution < 1.29 is 18.7 Å². The molecule has 1 aromatic heterocycles. The highest BCUT2D eigenvalue weighted by molar-refractivity contribution is 5.97. The molecule has 1 aromatic carbocycles. The number of anilines is 1. The van der Waals surface area contributed by atoms with E-state index in [0.29, 0.717) is 36.2 Å². The summed E-state index contributed by atoms with van der Waals surface area (Å²) in [6.45, 7) is 17.8. The average molecular weight is 557 g/mol. The molecule has 1 aliphatic heterocycles. The minimum absolute atomic E-state index is 0.0447. The van der Waals surface area contributed by atoms with Crippen molar-refractivity contribution >= 4 is 17.7 Å². The standard InChI is InChI=1S/C31H45FN4O4/c1-11-35(24-13-20(4)36(21(5)14-24)30(39)40-31(7,8)9)27-16-23(32)15-25(22(27)6)28(37)33-17-26-18(2)12-19(3)34(10)29(26)38/h12,15-16,20-21,24H,11,13-14,17H2,1-10H3,(H,33,37)/t20-,21?,24?/m1/s1. The molecule has 40 heavy (non-hydrogen) atoms. The molecule has 1 saturated heterocycles. The summed E-state index contributed by atoms with van der Waals surface area (Å²) in [6, 6.07) is 4.53. The first-order valence-corrected chi connectivity index (χ1v) is 14.1. The Morgan fingerprint density at radius 2 is 1.70 bits per heavy atom. The van der Waals surface area contributed by atoms with Crippen molar-refractivity contribution in [2.45, 2.75) is 105 Å². The van der Waals surface area contributed by atoms with Crippen molar-refractivity contribution in [3.05, 3.63) is 62.3 Å². The molecule has 0 bridgehead atoms. The van der Waals surface area contributed by atoms with Crippen molar-refractivity contribution in [2.24, 2.45) is 7.05 Å². The zero-order valence-electron chi connectivity index (χ0n) is 25.6. The Labute approximate surface area is 237 Å². The van der Waals surface area contributed by atoms with Crippen LogP contribution in [0, 0.1) is 26.6 Å². The fourth-order valence-electron chi connectivity index (χ4n) is 5.81. The second-order valence-corrected chi connectivity index (χ2v) is 12.1. The van der Waals surface area contributed by atoms with Crippen LogP contribution in [-0.4, -0.2) is 51.7 Å². The molecule has 0 spiro atoms. The molecule has 3 rings (SSSR count). The molecule has 220 valence electrons. The number of carbonyl (C=O) groups is 2. The first-order chi connectivity index (χ1) is 18.5. The summed E-state index contributed by atoms with van der Waals surface area (Å²) < 4.78 is 22.2. The predicted octanol–water partition coefficient (Wildman–Crippen LogP) is 5.38. The minimum atomic E-state index is -0.580. The average Bonchev–Trinajstić information content (AvgIpc) is 2.83. The van der Waals surface area contributed by atoms with Crippen LogP contribution in [0.25, 0.3) is 0 Å². The first-order valence-electron chi connectivity index (χ1n) is 14.1. The number of nitrogens with one attached hydrogen (secondary N) is 1. The van der Waals surface area contributed by atoms with Crippen molar-refractivity contribution in [1.82, 2.24) is 14.8 Å². The summed E-state index contributed by atoms with van der Waals surface area (Å²) >= 11 is 0. The number of rotatable bonds is 6. The third kappa shape index (κ3) is 6.67. The smallest absolute Gasteiger partial charge is 0.410 e. The molecule has 0 radical (unpaired) electrons. The van der Waals surface area contributed by atoms with E-state index < -0.39 is 17.3 Å². The van der Waals surface area contributed by atoms with Gasteiger partial charge in [-0.3, -0.25) is 9.59 Å². The van der Waals surface area contributed by atoms with Crippen LogP contribution in [0.4, 0.5) is 14.9 Å². The van der Waals surface area contributed by atoms with Crippen molar-refractivity contribution in [2.75, 3.05) is 11.4 Å². The highest BCUT2D eigenvalue weighted by Crippen LogP contribution is 2.34. The number of carbonyl (C=O) groups excluding carboxylic acids is 2. The fourth-order valence-corrected chi connectivity index (χ4v) is 5.81. The third-order valence-corrected chi connectivity index (χ3v) is 7.88. The Kier molecular flexibility index (Phi) is 9.37. The number of nitrogens with zero attached hydrogens (tertiary/aromatic N) is 3. The summed E-state index contributed by atoms with van der Waals surface area (Å²) in [4.78, 5) is 42.8. The summed E-state index contributed by atoms with van der Waals surface area (Å²) in [5.41, 5.74) is 2.97. The van der Waals surface area contributed by atoms with E-state index in [-0.39, 0.29) is 41.9 Å². The summed E-state index contributed by atoms with van der Waals surface area (Å²) in [7, 11) is 1.70. The second-order valence-electron chi connectivity index (χ2n) is 12.1. The topological polar surface area (TPSA) is 83.9 Å². The lowest BCUT2D eigenvalue weighted by molar-refractivity contribution is -0.00252. The maximum atomic E-state index is 15.0. The van der Waals surface area contributed by atoms with Gasteiger partial charge in [-0.15, -0.1) is 0 Å². The van der Waals surface area contributed by atoms with Crippen LogP contribution >= 0.6 is 0 Å². The number of aryl methyl sites for hydroxylation is 2. The molecule has 8 nitrogen and oxygen atoms in total. The Morgan fingerprint density at radius 3 is 2.25 bits per heavy atom. The lowest BCUT2D eigenvalue weighted by Gasteiger charge is -2.47. The predicted molar refractivity (Wildman–Crippen MR) is 157 cm³/mol. The third-order valence-electron chi connectivity index (χ3n) is 7.88. The quantitative estimate of drug-likeness (QED) is 0.516. The molecule has 2 unspecified atom stereocenters. The highest BCUT2D eigenvalue weighted by atomic mass is 19.1. The highest BCUT2D eigenvalue weighted by Gasteiger charge is 2.38. The van der Waals surface area contributed by atoms with E-state index in [0.717, 1.165) is 11.3 Å². The van der Waals surface area contributed by atoms with Crippen LogP contribution in [0.3, 0.4) is 0 Å². The van der Waals surface area contributed by atoms with Crippen molar-refractivity contribution in [3.8, 4) is 0 Å². The van der Waals surface area contributed by atoms with Gasteiger partial charge in [0.15, 0.2) is 0 Å². The van der Waals surface area contributed by atoms with Gasteiger partial charge in [0.1, 0.15) is 11.4 Å².